The van der Waals surface area contributed by atoms with Gasteiger partial charge in [0, 0.05) is 34.4 Å². The fourth-order valence-corrected chi connectivity index (χ4v) is 4.10. The van der Waals surface area contributed by atoms with Crippen LogP contribution in [0.3, 0.4) is 0 Å². The molecule has 0 radical (unpaired) electrons. The molecular formula is C18H16BrN3O2S. The summed E-state index contributed by atoms with van der Waals surface area (Å²) in [5.74, 6) is 1.23. The number of nitrogens with zero attached hydrogens (tertiary/aromatic N) is 3. The lowest BCUT2D eigenvalue weighted by atomic mass is 10.1. The van der Waals surface area contributed by atoms with Crippen molar-refractivity contribution in [1.82, 2.24) is 15.0 Å². The predicted octanol–water partition coefficient (Wildman–Crippen LogP) is 4.12. The van der Waals surface area contributed by atoms with Gasteiger partial charge in [-0.1, -0.05) is 39.3 Å². The van der Waals surface area contributed by atoms with Crippen LogP contribution < -0.4 is 0 Å². The van der Waals surface area contributed by atoms with E-state index < -0.39 is 0 Å². The molecule has 2 aromatic heterocycles. The van der Waals surface area contributed by atoms with Crippen molar-refractivity contribution in [2.75, 3.05) is 13.1 Å². The summed E-state index contributed by atoms with van der Waals surface area (Å²) in [7, 11) is 0. The van der Waals surface area contributed by atoms with Crippen LogP contribution in [0.25, 0.3) is 11.4 Å². The third kappa shape index (κ3) is 3.67. The third-order valence-electron chi connectivity index (χ3n) is 4.30. The number of likely N-dealkylation sites (tertiary alicyclic amines) is 1. The Morgan fingerprint density at radius 2 is 2.24 bits per heavy atom. The molecular weight excluding hydrogens is 402 g/mol. The van der Waals surface area contributed by atoms with E-state index in [1.807, 2.05) is 35.2 Å². The van der Waals surface area contributed by atoms with E-state index in [1.54, 1.807) is 11.3 Å². The number of hydrogen-bond donors (Lipinski definition) is 0. The fraction of sp³-hybridized carbons (Fsp3) is 0.278. The average Bonchev–Trinajstić information content (AvgIpc) is 3.34. The van der Waals surface area contributed by atoms with Gasteiger partial charge in [0.05, 0.1) is 5.92 Å². The van der Waals surface area contributed by atoms with Crippen LogP contribution in [0, 0.1) is 0 Å². The maximum absolute atomic E-state index is 12.3. The Bertz CT molecular complexity index is 878. The van der Waals surface area contributed by atoms with Gasteiger partial charge in [-0.15, -0.1) is 11.3 Å². The number of rotatable bonds is 5. The highest BCUT2D eigenvalue weighted by molar-refractivity contribution is 9.10. The first kappa shape index (κ1) is 16.5. The molecule has 1 aliphatic heterocycles. The molecule has 1 atom stereocenters. The second-order valence-corrected chi connectivity index (χ2v) is 7.98. The predicted molar refractivity (Wildman–Crippen MR) is 99.4 cm³/mol. The lowest BCUT2D eigenvalue weighted by Gasteiger charge is -2.15. The van der Waals surface area contributed by atoms with E-state index in [2.05, 4.69) is 37.5 Å². The van der Waals surface area contributed by atoms with Crippen LogP contribution in [0.1, 0.15) is 23.1 Å². The van der Waals surface area contributed by atoms with Crippen molar-refractivity contribution in [3.63, 3.8) is 0 Å². The summed E-state index contributed by atoms with van der Waals surface area (Å²) in [4.78, 5) is 20.0. The van der Waals surface area contributed by atoms with E-state index in [0.717, 1.165) is 23.0 Å². The molecule has 1 aliphatic rings. The van der Waals surface area contributed by atoms with Crippen LogP contribution in [-0.4, -0.2) is 34.0 Å². The average molecular weight is 418 g/mol. The number of carbonyl (C=O) groups is 1. The molecule has 5 nitrogen and oxygen atoms in total. The SMILES string of the molecule is O=C1CC(c2nc(-c3cccc(Br)c3)no2)CN1CCc1cccs1. The summed E-state index contributed by atoms with van der Waals surface area (Å²) < 4.78 is 6.40. The first-order valence-electron chi connectivity index (χ1n) is 8.09. The van der Waals surface area contributed by atoms with E-state index in [1.165, 1.54) is 4.88 Å². The van der Waals surface area contributed by atoms with Crippen molar-refractivity contribution in [3.05, 3.63) is 57.0 Å². The standard InChI is InChI=1S/C18H16BrN3O2S/c19-14-4-1-3-12(9-14)17-20-18(24-21-17)13-10-16(23)22(11-13)7-6-15-5-2-8-25-15/h1-5,8-9,13H,6-7,10-11H2. The van der Waals surface area contributed by atoms with Crippen molar-refractivity contribution < 1.29 is 9.32 Å². The molecule has 1 aromatic carbocycles. The minimum Gasteiger partial charge on any atom is -0.342 e. The molecule has 25 heavy (non-hydrogen) atoms. The number of halogens is 1. The van der Waals surface area contributed by atoms with Gasteiger partial charge in [0.1, 0.15) is 0 Å². The molecule has 3 aromatic rings. The van der Waals surface area contributed by atoms with E-state index in [9.17, 15) is 4.79 Å². The van der Waals surface area contributed by atoms with Crippen molar-refractivity contribution >= 4 is 33.2 Å². The zero-order chi connectivity index (χ0) is 17.2. The molecule has 4 rings (SSSR count). The summed E-state index contributed by atoms with van der Waals surface area (Å²) in [5, 5.41) is 6.14. The van der Waals surface area contributed by atoms with Crippen molar-refractivity contribution in [2.24, 2.45) is 0 Å². The zero-order valence-electron chi connectivity index (χ0n) is 13.4. The van der Waals surface area contributed by atoms with Gasteiger partial charge >= 0.3 is 0 Å². The van der Waals surface area contributed by atoms with E-state index >= 15 is 0 Å². The molecule has 1 fully saturated rings. The summed E-state index contributed by atoms with van der Waals surface area (Å²) in [6.07, 6.45) is 1.33. The van der Waals surface area contributed by atoms with E-state index in [-0.39, 0.29) is 11.8 Å². The lowest BCUT2D eigenvalue weighted by molar-refractivity contribution is -0.127. The molecule has 0 saturated carbocycles. The minimum absolute atomic E-state index is 0.0239. The summed E-state index contributed by atoms with van der Waals surface area (Å²) >= 11 is 5.17. The maximum atomic E-state index is 12.3. The van der Waals surface area contributed by atoms with Crippen molar-refractivity contribution in [2.45, 2.75) is 18.8 Å². The van der Waals surface area contributed by atoms with Gasteiger partial charge in [-0.2, -0.15) is 4.98 Å². The van der Waals surface area contributed by atoms with Crippen LogP contribution >= 0.6 is 27.3 Å². The molecule has 1 amide bonds. The molecule has 0 N–H and O–H groups in total. The van der Waals surface area contributed by atoms with Gasteiger partial charge < -0.3 is 9.42 Å². The van der Waals surface area contributed by atoms with E-state index in [4.69, 9.17) is 4.52 Å². The lowest BCUT2D eigenvalue weighted by Crippen LogP contribution is -2.27. The highest BCUT2D eigenvalue weighted by Gasteiger charge is 2.34. The first-order valence-corrected chi connectivity index (χ1v) is 9.76. The second-order valence-electron chi connectivity index (χ2n) is 6.04. The Kier molecular flexibility index (Phi) is 4.67. The van der Waals surface area contributed by atoms with Gasteiger partial charge in [0.2, 0.25) is 17.6 Å². The molecule has 3 heterocycles. The molecule has 0 spiro atoms. The van der Waals surface area contributed by atoms with E-state index in [0.29, 0.717) is 24.7 Å². The maximum Gasteiger partial charge on any atom is 0.232 e. The van der Waals surface area contributed by atoms with Crippen LogP contribution in [0.2, 0.25) is 0 Å². The van der Waals surface area contributed by atoms with Gasteiger partial charge in [-0.05, 0) is 30.0 Å². The van der Waals surface area contributed by atoms with Crippen LogP contribution in [0.15, 0.2) is 50.8 Å². The largest absolute Gasteiger partial charge is 0.342 e. The zero-order valence-corrected chi connectivity index (χ0v) is 15.8. The Morgan fingerprint density at radius 1 is 1.32 bits per heavy atom. The number of aromatic nitrogens is 2. The third-order valence-corrected chi connectivity index (χ3v) is 5.73. The number of amides is 1. The first-order chi connectivity index (χ1) is 12.2. The summed E-state index contributed by atoms with van der Waals surface area (Å²) in [6, 6.07) is 11.9. The normalized spacial score (nSPS) is 17.4. The number of hydrogen-bond acceptors (Lipinski definition) is 5. The van der Waals surface area contributed by atoms with Gasteiger partial charge in [-0.25, -0.2) is 0 Å². The van der Waals surface area contributed by atoms with Crippen molar-refractivity contribution in [1.29, 1.82) is 0 Å². The number of thiophene rings is 1. The molecule has 0 aliphatic carbocycles. The highest BCUT2D eigenvalue weighted by Crippen LogP contribution is 2.29. The Labute approximate surface area is 157 Å². The van der Waals surface area contributed by atoms with Crippen LogP contribution in [-0.2, 0) is 11.2 Å². The van der Waals surface area contributed by atoms with Crippen LogP contribution in [0.4, 0.5) is 0 Å². The topological polar surface area (TPSA) is 59.2 Å². The molecule has 0 bridgehead atoms. The van der Waals surface area contributed by atoms with Crippen molar-refractivity contribution in [3.8, 4) is 11.4 Å². The Morgan fingerprint density at radius 3 is 3.04 bits per heavy atom. The quantitative estimate of drug-likeness (QED) is 0.626. The molecule has 1 saturated heterocycles. The number of benzene rings is 1. The van der Waals surface area contributed by atoms with Gasteiger partial charge in [0.15, 0.2) is 0 Å². The smallest absolute Gasteiger partial charge is 0.232 e. The number of carbonyl (C=O) groups excluding carboxylic acids is 1. The van der Waals surface area contributed by atoms with Gasteiger partial charge in [-0.3, -0.25) is 4.79 Å². The molecule has 1 unspecified atom stereocenters. The monoisotopic (exact) mass is 417 g/mol. The fourth-order valence-electron chi connectivity index (χ4n) is 3.00. The summed E-state index contributed by atoms with van der Waals surface area (Å²) in [6.45, 7) is 1.38. The van der Waals surface area contributed by atoms with Crippen LogP contribution in [0.5, 0.6) is 0 Å². The minimum atomic E-state index is -0.0239. The molecule has 128 valence electrons. The van der Waals surface area contributed by atoms with Gasteiger partial charge in [0.25, 0.3) is 0 Å². The molecule has 7 heteroatoms. The Hall–Kier alpha value is -1.99. The Balaban J connectivity index is 1.43. The second kappa shape index (κ2) is 7.09. The highest BCUT2D eigenvalue weighted by atomic mass is 79.9. The summed E-state index contributed by atoms with van der Waals surface area (Å²) in [5.41, 5.74) is 0.892.